The number of fused-ring (bicyclic) bond motifs is 2. The molecule has 0 aliphatic heterocycles. The van der Waals surface area contributed by atoms with Gasteiger partial charge >= 0.3 is 0 Å². The minimum atomic E-state index is 1.15. The summed E-state index contributed by atoms with van der Waals surface area (Å²) in [6, 6.07) is 31.9. The zero-order valence-electron chi connectivity index (χ0n) is 10.9. The van der Waals surface area contributed by atoms with Crippen LogP contribution in [-0.4, -0.2) is 0 Å². The summed E-state index contributed by atoms with van der Waals surface area (Å²) in [4.78, 5) is 0. The Morgan fingerprint density at radius 3 is 1.50 bits per heavy atom. The van der Waals surface area contributed by atoms with Gasteiger partial charge in [-0.25, -0.2) is 0 Å². The fourth-order valence-corrected chi connectivity index (χ4v) is 2.57. The molecule has 92 valence electrons. The van der Waals surface area contributed by atoms with Gasteiger partial charge in [-0.15, -0.1) is 0 Å². The lowest BCUT2D eigenvalue weighted by atomic mass is 9.99. The van der Waals surface area contributed by atoms with Gasteiger partial charge in [-0.3, -0.25) is 0 Å². The third-order valence-electron chi connectivity index (χ3n) is 3.64. The zero-order valence-corrected chi connectivity index (χ0v) is 10.9. The molecule has 0 nitrogen and oxygen atoms in total. The highest BCUT2D eigenvalue weighted by Crippen LogP contribution is 2.26. The normalized spacial score (nSPS) is 11.0. The molecule has 0 aliphatic carbocycles. The molecule has 0 N–H and O–H groups in total. The lowest BCUT2D eigenvalue weighted by molar-refractivity contribution is 1.66. The van der Waals surface area contributed by atoms with Crippen LogP contribution >= 0.6 is 0 Å². The molecule has 0 fully saturated rings. The van der Waals surface area contributed by atoms with E-state index in [1.54, 1.807) is 0 Å². The lowest BCUT2D eigenvalue weighted by Gasteiger charge is -2.05. The average Bonchev–Trinajstić information content (AvgIpc) is 2.54. The summed E-state index contributed by atoms with van der Waals surface area (Å²) in [5, 5.41) is 4.75. The van der Waals surface area contributed by atoms with Crippen molar-refractivity contribution < 1.29 is 0 Å². The fourth-order valence-electron chi connectivity index (χ4n) is 2.57. The molecule has 0 atom stereocenters. The summed E-state index contributed by atoms with van der Waals surface area (Å²) in [7, 11) is 0. The molecule has 4 aromatic rings. The Hall–Kier alpha value is -2.60. The van der Waals surface area contributed by atoms with Crippen LogP contribution in [0.15, 0.2) is 72.8 Å². The highest BCUT2D eigenvalue weighted by atomic mass is 14.1. The number of benzene rings is 4. The van der Waals surface area contributed by atoms with E-state index in [0.717, 1.165) is 10.8 Å². The van der Waals surface area contributed by atoms with Crippen LogP contribution in [0.5, 0.6) is 0 Å². The molecular formula is C20H12. The van der Waals surface area contributed by atoms with E-state index in [4.69, 9.17) is 0 Å². The van der Waals surface area contributed by atoms with Gasteiger partial charge in [0.25, 0.3) is 0 Å². The van der Waals surface area contributed by atoms with Crippen LogP contribution in [0.25, 0.3) is 32.7 Å². The Kier molecular flexibility index (Phi) is 2.53. The minimum absolute atomic E-state index is 1.15. The Morgan fingerprint density at radius 1 is 0.550 bits per heavy atom. The van der Waals surface area contributed by atoms with Crippen LogP contribution in [0.4, 0.5) is 0 Å². The summed E-state index contributed by atoms with van der Waals surface area (Å²) in [5.74, 6) is 0. The third kappa shape index (κ3) is 1.86. The third-order valence-corrected chi connectivity index (χ3v) is 3.64. The number of rotatable bonds is 1. The molecule has 2 radical (unpaired) electrons. The summed E-state index contributed by atoms with van der Waals surface area (Å²) >= 11 is 0. The van der Waals surface area contributed by atoms with Crippen molar-refractivity contribution in [2.45, 2.75) is 0 Å². The predicted octanol–water partition coefficient (Wildman–Crippen LogP) is 5.26. The quantitative estimate of drug-likeness (QED) is 0.433. The maximum Gasteiger partial charge on any atom is -0.00928 e. The Bertz CT molecular complexity index is 826. The Balaban J connectivity index is 1.91. The van der Waals surface area contributed by atoms with Crippen LogP contribution in [-0.2, 0) is 0 Å². The first-order valence-corrected chi connectivity index (χ1v) is 6.71. The highest BCUT2D eigenvalue weighted by molar-refractivity contribution is 5.90. The van der Waals surface area contributed by atoms with E-state index < -0.39 is 0 Å². The van der Waals surface area contributed by atoms with Gasteiger partial charge < -0.3 is 0 Å². The predicted molar refractivity (Wildman–Crippen MR) is 84.6 cm³/mol. The molecular weight excluding hydrogens is 240 g/mol. The molecule has 0 saturated heterocycles. The zero-order chi connectivity index (χ0) is 13.4. The summed E-state index contributed by atoms with van der Waals surface area (Å²) < 4.78 is 0. The van der Waals surface area contributed by atoms with Crippen LogP contribution in [0, 0.1) is 12.1 Å². The molecule has 4 aromatic carbocycles. The topological polar surface area (TPSA) is 0 Å². The van der Waals surface area contributed by atoms with Gasteiger partial charge in [0.1, 0.15) is 0 Å². The molecule has 20 heavy (non-hydrogen) atoms. The molecule has 4 rings (SSSR count). The standard InChI is InChI=1S/C20H12/c1-3-7-17-13-19(11-9-15(17)5-1)20-12-10-16-6-2-4-8-18(16)14-20/h1-8,11-14H. The first kappa shape index (κ1) is 11.2. The van der Waals surface area contributed by atoms with Gasteiger partial charge in [0.15, 0.2) is 0 Å². The van der Waals surface area contributed by atoms with Gasteiger partial charge in [0.2, 0.25) is 0 Å². The van der Waals surface area contributed by atoms with E-state index in [9.17, 15) is 0 Å². The monoisotopic (exact) mass is 252 g/mol. The van der Waals surface area contributed by atoms with Crippen molar-refractivity contribution in [1.29, 1.82) is 0 Å². The molecule has 0 heteroatoms. The van der Waals surface area contributed by atoms with E-state index in [1.165, 1.54) is 21.9 Å². The minimum Gasteiger partial charge on any atom is -0.0616 e. The van der Waals surface area contributed by atoms with Crippen LogP contribution in [0.3, 0.4) is 0 Å². The maximum atomic E-state index is 3.35. The van der Waals surface area contributed by atoms with Gasteiger partial charge in [-0.1, -0.05) is 48.5 Å². The summed E-state index contributed by atoms with van der Waals surface area (Å²) in [6.07, 6.45) is 0. The lowest BCUT2D eigenvalue weighted by Crippen LogP contribution is -1.80. The molecule has 0 spiro atoms. The second kappa shape index (κ2) is 4.50. The molecule has 0 unspecified atom stereocenters. The first-order chi connectivity index (χ1) is 9.90. The Labute approximate surface area is 118 Å². The maximum absolute atomic E-state index is 3.35. The van der Waals surface area contributed by atoms with Crippen molar-refractivity contribution in [3.05, 3.63) is 84.9 Å². The second-order valence-corrected chi connectivity index (χ2v) is 4.95. The van der Waals surface area contributed by atoms with Gasteiger partial charge in [0, 0.05) is 0 Å². The van der Waals surface area contributed by atoms with Crippen LogP contribution in [0.1, 0.15) is 0 Å². The van der Waals surface area contributed by atoms with Crippen molar-refractivity contribution >= 4 is 21.5 Å². The van der Waals surface area contributed by atoms with Gasteiger partial charge in [-0.05, 0) is 69.1 Å². The Morgan fingerprint density at radius 2 is 1.00 bits per heavy atom. The van der Waals surface area contributed by atoms with Crippen molar-refractivity contribution in [2.24, 2.45) is 0 Å². The average molecular weight is 252 g/mol. The largest absolute Gasteiger partial charge is 0.0616 e. The molecule has 0 heterocycles. The SMILES string of the molecule is [c]1cc(-c2c[c]c3ccccc3c2)cc2ccccc12. The van der Waals surface area contributed by atoms with E-state index in [2.05, 4.69) is 72.8 Å². The first-order valence-electron chi connectivity index (χ1n) is 6.71. The smallest absolute Gasteiger partial charge is 0.00928 e. The van der Waals surface area contributed by atoms with E-state index in [1.807, 2.05) is 12.1 Å². The van der Waals surface area contributed by atoms with E-state index in [0.29, 0.717) is 0 Å². The van der Waals surface area contributed by atoms with E-state index in [-0.39, 0.29) is 0 Å². The summed E-state index contributed by atoms with van der Waals surface area (Å²) in [5.41, 5.74) is 2.37. The van der Waals surface area contributed by atoms with Crippen LogP contribution in [0.2, 0.25) is 0 Å². The molecule has 0 amide bonds. The van der Waals surface area contributed by atoms with Crippen molar-refractivity contribution in [1.82, 2.24) is 0 Å². The fraction of sp³-hybridized carbons (Fsp3) is 0. The van der Waals surface area contributed by atoms with E-state index >= 15 is 0 Å². The molecule has 0 bridgehead atoms. The van der Waals surface area contributed by atoms with Gasteiger partial charge in [0.05, 0.1) is 0 Å². The number of hydrogen-bond donors (Lipinski definition) is 0. The number of hydrogen-bond acceptors (Lipinski definition) is 0. The summed E-state index contributed by atoms with van der Waals surface area (Å²) in [6.45, 7) is 0. The molecule has 0 aromatic heterocycles. The van der Waals surface area contributed by atoms with Crippen molar-refractivity contribution in [3.63, 3.8) is 0 Å². The molecule has 0 aliphatic rings. The highest BCUT2D eigenvalue weighted by Gasteiger charge is 2.01. The van der Waals surface area contributed by atoms with Crippen LogP contribution < -0.4 is 0 Å². The second-order valence-electron chi connectivity index (χ2n) is 4.95. The van der Waals surface area contributed by atoms with Crippen molar-refractivity contribution in [3.8, 4) is 11.1 Å². The van der Waals surface area contributed by atoms with Crippen molar-refractivity contribution in [2.75, 3.05) is 0 Å². The molecule has 0 saturated carbocycles. The van der Waals surface area contributed by atoms with Gasteiger partial charge in [-0.2, -0.15) is 0 Å².